The summed E-state index contributed by atoms with van der Waals surface area (Å²) in [6.07, 6.45) is 2.35. The van der Waals surface area contributed by atoms with E-state index in [4.69, 9.17) is 13.8 Å². The minimum Gasteiger partial charge on any atom is -0.455 e. The average molecular weight is 1350 g/mol. The summed E-state index contributed by atoms with van der Waals surface area (Å²) in [5, 5.41) is 17.1. The highest BCUT2D eigenvalue weighted by Crippen LogP contribution is 2.54. The molecule has 106 heavy (non-hydrogen) atoms. The van der Waals surface area contributed by atoms with Crippen LogP contribution in [0.5, 0.6) is 0 Å². The quantitative estimate of drug-likeness (QED) is 0.0901. The number of anilines is 8. The van der Waals surface area contributed by atoms with Gasteiger partial charge in [0, 0.05) is 88.9 Å². The molecule has 3 heterocycles. The second-order valence-corrected chi connectivity index (χ2v) is 27.6. The summed E-state index contributed by atoms with van der Waals surface area (Å²) in [5.74, 6) is 0. The largest absolute Gasteiger partial charge is 0.455 e. The molecule has 0 saturated carbocycles. The van der Waals surface area contributed by atoms with Gasteiger partial charge in [-0.2, -0.15) is 0 Å². The molecule has 0 aliphatic carbocycles. The molecule has 6 nitrogen and oxygen atoms in total. The molecule has 18 aromatic carbocycles. The van der Waals surface area contributed by atoms with E-state index in [-0.39, 0.29) is 0 Å². The molecule has 0 atom stereocenters. The molecule has 21 rings (SSSR count). The minimum atomic E-state index is 0.671. The zero-order valence-electron chi connectivity index (χ0n) is 57.6. The van der Waals surface area contributed by atoms with Crippen LogP contribution in [0.1, 0.15) is 22.3 Å². The molecule has 6 heteroatoms. The number of fused-ring (bicyclic) bond motifs is 17. The lowest BCUT2D eigenvalue weighted by atomic mass is 9.89. The van der Waals surface area contributed by atoms with Gasteiger partial charge in [-0.25, -0.2) is 4.99 Å². The Labute approximate surface area is 611 Å². The van der Waals surface area contributed by atoms with Gasteiger partial charge >= 0.3 is 0 Å². The van der Waals surface area contributed by atoms with Crippen molar-refractivity contribution in [3.05, 3.63) is 392 Å². The lowest BCUT2D eigenvalue weighted by Crippen LogP contribution is -2.23. The van der Waals surface area contributed by atoms with Gasteiger partial charge < -0.3 is 23.5 Å². The number of para-hydroxylation sites is 5. The molecular formula is C100H64N4O2. The van der Waals surface area contributed by atoms with Crippen LogP contribution in [0.2, 0.25) is 0 Å². The standard InChI is InChI=1S/C100H64N4O2/c1-6-28-64(29-7-1)70-58-68-34-18-23-51-87(68)102(63-70)74-54-56-92-85(62-74)95-86(98(66-31-8-2-9-32-66)101-71-36-10-3-11-37-71)59-69-61-91(103(72-38-12-4-13-39-72)73-40-14-5-15-41-73)83-55-57-93-96(97(83)94(69)100(95)105-92)84-50-27-53-89(99(84)106-93)104(90-60-67-33-17-20-43-76(67)78-44-21-22-45-82(78)90)88-52-26-48-80-79(47-25-49-81(80)88)77-46-24-35-65-30-16-19-42-75(65)77/h1-62H,63H2. The highest BCUT2D eigenvalue weighted by atomic mass is 16.3. The fraction of sp³-hybridized carbons (Fsp3) is 0.0100. The summed E-state index contributed by atoms with van der Waals surface area (Å²) < 4.78 is 15.6. The Bertz CT molecular complexity index is 6940. The Morgan fingerprint density at radius 2 is 0.877 bits per heavy atom. The van der Waals surface area contributed by atoms with E-state index in [1.165, 1.54) is 43.8 Å². The second kappa shape index (κ2) is 24.9. The van der Waals surface area contributed by atoms with Crippen LogP contribution in [0.15, 0.2) is 384 Å². The molecule has 0 bridgehead atoms. The zero-order valence-corrected chi connectivity index (χ0v) is 57.6. The maximum Gasteiger partial charge on any atom is 0.159 e. The van der Waals surface area contributed by atoms with Crippen LogP contribution >= 0.6 is 0 Å². The molecule has 0 fully saturated rings. The molecule has 1 aliphatic rings. The predicted molar refractivity (Wildman–Crippen MR) is 447 cm³/mol. The zero-order chi connectivity index (χ0) is 69.8. The maximum absolute atomic E-state index is 7.78. The van der Waals surface area contributed by atoms with E-state index in [1.54, 1.807) is 0 Å². The van der Waals surface area contributed by atoms with Gasteiger partial charge in [0.15, 0.2) is 5.58 Å². The van der Waals surface area contributed by atoms with Crippen LogP contribution in [-0.2, 0) is 0 Å². The number of benzene rings is 18. The molecule has 496 valence electrons. The van der Waals surface area contributed by atoms with Crippen molar-refractivity contribution in [2.45, 2.75) is 0 Å². The second-order valence-electron chi connectivity index (χ2n) is 27.6. The molecule has 0 unspecified atom stereocenters. The first kappa shape index (κ1) is 60.7. The average Bonchev–Trinajstić information content (AvgIpc) is 1.48. The predicted octanol–water partition coefficient (Wildman–Crippen LogP) is 27.9. The fourth-order valence-corrected chi connectivity index (χ4v) is 16.9. The van der Waals surface area contributed by atoms with Gasteiger partial charge in [0.05, 0.1) is 34.1 Å². The fourth-order valence-electron chi connectivity index (χ4n) is 16.9. The molecule has 0 saturated heterocycles. The molecule has 0 radical (unpaired) electrons. The van der Waals surface area contributed by atoms with Crippen molar-refractivity contribution in [2.75, 3.05) is 21.2 Å². The first-order chi connectivity index (χ1) is 52.6. The summed E-state index contributed by atoms with van der Waals surface area (Å²) in [6, 6.07) is 134. The summed E-state index contributed by atoms with van der Waals surface area (Å²) in [7, 11) is 0. The Hall–Kier alpha value is -14.1. The maximum atomic E-state index is 7.78. The van der Waals surface area contributed by atoms with Gasteiger partial charge in [0.25, 0.3) is 0 Å². The molecule has 1 aliphatic heterocycles. The van der Waals surface area contributed by atoms with Gasteiger partial charge in [-0.3, -0.25) is 0 Å². The molecule has 0 spiro atoms. The first-order valence-electron chi connectivity index (χ1n) is 36.3. The van der Waals surface area contributed by atoms with E-state index in [0.717, 1.165) is 161 Å². The van der Waals surface area contributed by atoms with Crippen molar-refractivity contribution >= 4 is 177 Å². The van der Waals surface area contributed by atoms with E-state index in [2.05, 4.69) is 385 Å². The Morgan fingerprint density at radius 3 is 1.66 bits per heavy atom. The van der Waals surface area contributed by atoms with Crippen molar-refractivity contribution in [2.24, 2.45) is 4.99 Å². The van der Waals surface area contributed by atoms with Crippen LogP contribution in [0.25, 0.3) is 131 Å². The molecular weight excluding hydrogens is 1290 g/mol. The highest BCUT2D eigenvalue weighted by Gasteiger charge is 2.31. The number of rotatable bonds is 12. The van der Waals surface area contributed by atoms with Crippen LogP contribution in [0.3, 0.4) is 0 Å². The summed E-state index contributed by atoms with van der Waals surface area (Å²) >= 11 is 0. The molecule has 2 aromatic heterocycles. The van der Waals surface area contributed by atoms with Crippen LogP contribution < -0.4 is 14.7 Å². The number of furan rings is 2. The Kier molecular flexibility index (Phi) is 14.2. The van der Waals surface area contributed by atoms with Gasteiger partial charge in [0.1, 0.15) is 16.7 Å². The van der Waals surface area contributed by atoms with E-state index in [1.807, 2.05) is 6.07 Å². The van der Waals surface area contributed by atoms with Crippen LogP contribution in [0.4, 0.5) is 51.2 Å². The third kappa shape index (κ3) is 9.91. The smallest absolute Gasteiger partial charge is 0.159 e. The first-order valence-corrected chi connectivity index (χ1v) is 36.3. The molecule has 20 aromatic rings. The van der Waals surface area contributed by atoms with Crippen molar-refractivity contribution in [3.63, 3.8) is 0 Å². The third-order valence-corrected chi connectivity index (χ3v) is 21.6. The van der Waals surface area contributed by atoms with Gasteiger partial charge in [-0.1, -0.05) is 267 Å². The van der Waals surface area contributed by atoms with E-state index < -0.39 is 0 Å². The number of hydrogen-bond donors (Lipinski definition) is 0. The summed E-state index contributed by atoms with van der Waals surface area (Å²) in [6.45, 7) is 0.671. The monoisotopic (exact) mass is 1350 g/mol. The van der Waals surface area contributed by atoms with Crippen LogP contribution in [-0.4, -0.2) is 12.3 Å². The lowest BCUT2D eigenvalue weighted by Gasteiger charge is -2.31. The topological polar surface area (TPSA) is 48.4 Å². The lowest BCUT2D eigenvalue weighted by molar-refractivity contribution is 0.669. The van der Waals surface area contributed by atoms with Crippen molar-refractivity contribution in [1.82, 2.24) is 0 Å². The normalized spacial score (nSPS) is 12.6. The van der Waals surface area contributed by atoms with Crippen LogP contribution in [0, 0.1) is 0 Å². The molecule has 0 amide bonds. The SMILES string of the molecule is C1=C(c2ccccc2)CN(c2ccc3oc4c(c(C(=Nc5ccccc5)c5ccccc5)cc5cc(N(c6ccccc6)c6ccccc6)c6ccc7oc8c(N(c9cccc%10c(-c%11cccc%12ccccc%11%12)cccc9%10)c9cc%10ccccc%10c%10ccccc9%10)cccc8c7c6c54)c3c2)c2ccccc21. The Morgan fingerprint density at radius 1 is 0.321 bits per heavy atom. The van der Waals surface area contributed by atoms with Crippen molar-refractivity contribution in [3.8, 4) is 11.1 Å². The van der Waals surface area contributed by atoms with Gasteiger partial charge in [-0.15, -0.1) is 0 Å². The Balaban J connectivity index is 0.893. The van der Waals surface area contributed by atoms with Crippen molar-refractivity contribution in [1.29, 1.82) is 0 Å². The van der Waals surface area contributed by atoms with Gasteiger partial charge in [-0.05, 0) is 175 Å². The summed E-state index contributed by atoms with van der Waals surface area (Å²) in [4.78, 5) is 13.1. The minimum absolute atomic E-state index is 0.671. The van der Waals surface area contributed by atoms with E-state index in [0.29, 0.717) is 6.54 Å². The van der Waals surface area contributed by atoms with E-state index in [9.17, 15) is 0 Å². The molecule has 0 N–H and O–H groups in total. The van der Waals surface area contributed by atoms with E-state index >= 15 is 0 Å². The van der Waals surface area contributed by atoms with Crippen molar-refractivity contribution < 1.29 is 8.83 Å². The number of hydrogen-bond acceptors (Lipinski definition) is 6. The van der Waals surface area contributed by atoms with Gasteiger partial charge in [0.2, 0.25) is 0 Å². The number of nitrogens with zero attached hydrogens (tertiary/aromatic N) is 4. The summed E-state index contributed by atoms with van der Waals surface area (Å²) in [5.41, 5.74) is 20.7. The number of aliphatic imine (C=N–C) groups is 1. The third-order valence-electron chi connectivity index (χ3n) is 21.6. The highest BCUT2D eigenvalue weighted by molar-refractivity contribution is 6.38.